The number of amides is 2. The van der Waals surface area contributed by atoms with E-state index in [0.29, 0.717) is 35.6 Å². The lowest BCUT2D eigenvalue weighted by atomic mass is 9.90. The van der Waals surface area contributed by atoms with Gasteiger partial charge in [0.15, 0.2) is 0 Å². The molecule has 0 aliphatic carbocycles. The number of sulfonamides is 1. The third kappa shape index (κ3) is 5.02. The Morgan fingerprint density at radius 1 is 1.23 bits per heavy atom. The van der Waals surface area contributed by atoms with E-state index in [1.54, 1.807) is 31.2 Å². The van der Waals surface area contributed by atoms with E-state index in [0.717, 1.165) is 6.42 Å². The molecule has 166 valence electrons. The third-order valence-corrected chi connectivity index (χ3v) is 6.88. The molecule has 1 aromatic carbocycles. The largest absolute Gasteiger partial charge is 0.383 e. The average Bonchev–Trinajstić information content (AvgIpc) is 2.75. The number of carbonyl (C=O) groups is 2. The molecule has 9 nitrogen and oxygen atoms in total. The van der Waals surface area contributed by atoms with Crippen molar-refractivity contribution in [2.45, 2.75) is 37.6 Å². The second kappa shape index (κ2) is 9.03. The van der Waals surface area contributed by atoms with Crippen LogP contribution in [0.2, 0.25) is 0 Å². The number of pyridine rings is 1. The smallest absolute Gasteiger partial charge is 0.313 e. The molecule has 0 bridgehead atoms. The van der Waals surface area contributed by atoms with E-state index in [2.05, 4.69) is 15.0 Å². The molecule has 2 amide bonds. The number of piperidine rings is 1. The summed E-state index contributed by atoms with van der Waals surface area (Å²) in [5.74, 6) is -0.875. The first-order valence-electron chi connectivity index (χ1n) is 10.00. The van der Waals surface area contributed by atoms with Gasteiger partial charge in [0.25, 0.3) is 0 Å². The molecule has 1 aliphatic heterocycles. The number of likely N-dealkylation sites (tertiary alicyclic amines) is 1. The molecule has 31 heavy (non-hydrogen) atoms. The van der Waals surface area contributed by atoms with Crippen LogP contribution in [-0.4, -0.2) is 43.7 Å². The summed E-state index contributed by atoms with van der Waals surface area (Å²) in [6.45, 7) is 4.18. The lowest BCUT2D eigenvalue weighted by Crippen LogP contribution is -2.46. The number of rotatable bonds is 4. The van der Waals surface area contributed by atoms with Crippen molar-refractivity contribution in [1.82, 2.24) is 14.6 Å². The summed E-state index contributed by atoms with van der Waals surface area (Å²) in [5.41, 5.74) is 7.45. The molecule has 1 aromatic heterocycles. The molecule has 1 aliphatic rings. The Kier molecular flexibility index (Phi) is 6.61. The standard InChI is InChI=1S/C21H27N5O4S/c1-13-7-8-18(15-5-4-6-17(10-15)31(29,30)23-3)26(12-13)21(28)20(27)25-16-9-14(2)19(22)24-11-16/h4-6,9-11,13,18,23H,7-8,12H2,1-3H3,(H2,22,24)(H,25,27). The Morgan fingerprint density at radius 2 is 1.97 bits per heavy atom. The van der Waals surface area contributed by atoms with Gasteiger partial charge in [0.1, 0.15) is 5.82 Å². The molecule has 1 saturated heterocycles. The molecular formula is C21H27N5O4S. The minimum atomic E-state index is -3.62. The Hall–Kier alpha value is -2.98. The number of anilines is 2. The van der Waals surface area contributed by atoms with Crippen molar-refractivity contribution in [2.75, 3.05) is 24.6 Å². The van der Waals surface area contributed by atoms with Crippen LogP contribution in [-0.2, 0) is 19.6 Å². The number of carbonyl (C=O) groups excluding carboxylic acids is 2. The summed E-state index contributed by atoms with van der Waals surface area (Å²) in [5, 5.41) is 2.58. The summed E-state index contributed by atoms with van der Waals surface area (Å²) >= 11 is 0. The zero-order chi connectivity index (χ0) is 22.8. The molecule has 10 heteroatoms. The van der Waals surface area contributed by atoms with Gasteiger partial charge in [0.05, 0.1) is 22.8 Å². The van der Waals surface area contributed by atoms with E-state index in [4.69, 9.17) is 5.73 Å². The maximum atomic E-state index is 13.1. The number of aryl methyl sites for hydroxylation is 1. The third-order valence-electron chi connectivity index (χ3n) is 5.47. The van der Waals surface area contributed by atoms with Gasteiger partial charge in [-0.15, -0.1) is 0 Å². The molecule has 2 unspecified atom stereocenters. The zero-order valence-electron chi connectivity index (χ0n) is 17.8. The molecule has 2 aromatic rings. The summed E-state index contributed by atoms with van der Waals surface area (Å²) in [7, 11) is -2.28. The van der Waals surface area contributed by atoms with Crippen LogP contribution in [0.3, 0.4) is 0 Å². The second-order valence-corrected chi connectivity index (χ2v) is 9.70. The second-order valence-electron chi connectivity index (χ2n) is 7.82. The van der Waals surface area contributed by atoms with Gasteiger partial charge in [-0.25, -0.2) is 18.1 Å². The lowest BCUT2D eigenvalue weighted by molar-refractivity contribution is -0.146. The Bertz CT molecular complexity index is 1100. The van der Waals surface area contributed by atoms with Crippen LogP contribution in [0.5, 0.6) is 0 Å². The van der Waals surface area contributed by atoms with Crippen LogP contribution in [0.15, 0.2) is 41.4 Å². The van der Waals surface area contributed by atoms with E-state index in [-0.39, 0.29) is 10.8 Å². The van der Waals surface area contributed by atoms with Gasteiger partial charge < -0.3 is 16.0 Å². The molecule has 3 rings (SSSR count). The predicted molar refractivity (Wildman–Crippen MR) is 118 cm³/mol. The quantitative estimate of drug-likeness (QED) is 0.615. The van der Waals surface area contributed by atoms with Crippen LogP contribution in [0, 0.1) is 12.8 Å². The number of aromatic nitrogens is 1. The lowest BCUT2D eigenvalue weighted by Gasteiger charge is -2.38. The monoisotopic (exact) mass is 445 g/mol. The molecule has 1 fully saturated rings. The van der Waals surface area contributed by atoms with Crippen molar-refractivity contribution < 1.29 is 18.0 Å². The van der Waals surface area contributed by atoms with E-state index in [9.17, 15) is 18.0 Å². The highest BCUT2D eigenvalue weighted by molar-refractivity contribution is 7.89. The molecular weight excluding hydrogens is 418 g/mol. The van der Waals surface area contributed by atoms with Gasteiger partial charge in [-0.3, -0.25) is 9.59 Å². The van der Waals surface area contributed by atoms with Crippen molar-refractivity contribution in [3.8, 4) is 0 Å². The first kappa shape index (κ1) is 22.7. The molecule has 2 heterocycles. The first-order valence-corrected chi connectivity index (χ1v) is 11.5. The maximum absolute atomic E-state index is 13.1. The molecule has 0 spiro atoms. The highest BCUT2D eigenvalue weighted by atomic mass is 32.2. The van der Waals surface area contributed by atoms with Gasteiger partial charge in [-0.05, 0) is 62.1 Å². The summed E-state index contributed by atoms with van der Waals surface area (Å²) < 4.78 is 26.7. The van der Waals surface area contributed by atoms with Gasteiger partial charge in [-0.2, -0.15) is 0 Å². The van der Waals surface area contributed by atoms with E-state index < -0.39 is 27.9 Å². The number of nitrogens with two attached hydrogens (primary N) is 1. The summed E-state index contributed by atoms with van der Waals surface area (Å²) in [6, 6.07) is 7.72. The Morgan fingerprint density at radius 3 is 2.65 bits per heavy atom. The SMILES string of the molecule is CNS(=O)(=O)c1cccc(C2CCC(C)CN2C(=O)C(=O)Nc2cnc(N)c(C)c2)c1. The first-order chi connectivity index (χ1) is 14.6. The Labute approximate surface area is 182 Å². The molecule has 4 N–H and O–H groups in total. The van der Waals surface area contributed by atoms with E-state index >= 15 is 0 Å². The highest BCUT2D eigenvalue weighted by Gasteiger charge is 2.34. The molecule has 0 saturated carbocycles. The fourth-order valence-electron chi connectivity index (χ4n) is 3.70. The number of benzene rings is 1. The van der Waals surface area contributed by atoms with Gasteiger partial charge in [0.2, 0.25) is 10.0 Å². The minimum absolute atomic E-state index is 0.117. The van der Waals surface area contributed by atoms with Crippen molar-refractivity contribution in [1.29, 1.82) is 0 Å². The van der Waals surface area contributed by atoms with Crippen molar-refractivity contribution in [3.05, 3.63) is 47.7 Å². The van der Waals surface area contributed by atoms with Crippen LogP contribution < -0.4 is 15.8 Å². The van der Waals surface area contributed by atoms with Gasteiger partial charge in [0, 0.05) is 6.54 Å². The number of nitrogen functional groups attached to an aromatic ring is 1. The minimum Gasteiger partial charge on any atom is -0.383 e. The van der Waals surface area contributed by atoms with Crippen LogP contribution >= 0.6 is 0 Å². The predicted octanol–water partition coefficient (Wildman–Crippen LogP) is 1.82. The number of hydrogen-bond acceptors (Lipinski definition) is 6. The van der Waals surface area contributed by atoms with Gasteiger partial charge in [-0.1, -0.05) is 19.1 Å². The fourth-order valence-corrected chi connectivity index (χ4v) is 4.48. The van der Waals surface area contributed by atoms with Crippen LogP contribution in [0.1, 0.15) is 36.9 Å². The summed E-state index contributed by atoms with van der Waals surface area (Å²) in [6.07, 6.45) is 2.89. The van der Waals surface area contributed by atoms with Crippen molar-refractivity contribution >= 4 is 33.3 Å². The van der Waals surface area contributed by atoms with Crippen LogP contribution in [0.25, 0.3) is 0 Å². The topological polar surface area (TPSA) is 134 Å². The zero-order valence-corrected chi connectivity index (χ0v) is 18.6. The number of nitrogens with one attached hydrogen (secondary N) is 2. The number of nitrogens with zero attached hydrogens (tertiary/aromatic N) is 2. The normalized spacial score (nSPS) is 19.1. The van der Waals surface area contributed by atoms with Crippen molar-refractivity contribution in [3.63, 3.8) is 0 Å². The van der Waals surface area contributed by atoms with Crippen LogP contribution in [0.4, 0.5) is 11.5 Å². The van der Waals surface area contributed by atoms with Crippen molar-refractivity contribution in [2.24, 2.45) is 5.92 Å². The fraction of sp³-hybridized carbons (Fsp3) is 0.381. The Balaban J connectivity index is 1.86. The highest BCUT2D eigenvalue weighted by Crippen LogP contribution is 2.34. The molecule has 0 radical (unpaired) electrons. The number of hydrogen-bond donors (Lipinski definition) is 3. The summed E-state index contributed by atoms with van der Waals surface area (Å²) in [4.78, 5) is 31.4. The van der Waals surface area contributed by atoms with Gasteiger partial charge >= 0.3 is 11.8 Å². The van der Waals surface area contributed by atoms with E-state index in [1.807, 2.05) is 6.92 Å². The average molecular weight is 446 g/mol. The maximum Gasteiger partial charge on any atom is 0.313 e. The molecule has 2 atom stereocenters. The van der Waals surface area contributed by atoms with E-state index in [1.165, 1.54) is 24.2 Å².